The first-order valence-electron chi connectivity index (χ1n) is 18.7. The Morgan fingerprint density at radius 3 is 2.36 bits per heavy atom. The van der Waals surface area contributed by atoms with Gasteiger partial charge in [0.25, 0.3) is 5.91 Å². The molecule has 0 bridgehead atoms. The number of hydrogen-bond acceptors (Lipinski definition) is 9. The Balaban J connectivity index is 0.906. The van der Waals surface area contributed by atoms with E-state index in [0.717, 1.165) is 62.3 Å². The summed E-state index contributed by atoms with van der Waals surface area (Å²) in [6, 6.07) is 13.0. The zero-order valence-electron chi connectivity index (χ0n) is 31.1. The predicted molar refractivity (Wildman–Crippen MR) is 212 cm³/mol. The first-order valence-corrected chi connectivity index (χ1v) is 22.4. The van der Waals surface area contributed by atoms with Crippen LogP contribution in [0.4, 0.5) is 29.3 Å². The number of nitrogens with one attached hydrogen (secondary N) is 3. The van der Waals surface area contributed by atoms with E-state index in [9.17, 15) is 32.3 Å². The molecule has 0 atom stereocenters. The molecule has 4 amide bonds. The molecule has 3 aliphatic rings. The number of likely N-dealkylation sites (tertiary alicyclic amines) is 2. The van der Waals surface area contributed by atoms with Crippen molar-refractivity contribution in [1.82, 2.24) is 29.5 Å². The van der Waals surface area contributed by atoms with Crippen molar-refractivity contribution in [2.24, 2.45) is 0 Å². The Kier molecular flexibility index (Phi) is 11.8. The van der Waals surface area contributed by atoms with Crippen LogP contribution in [0.5, 0.6) is 5.75 Å². The van der Waals surface area contributed by atoms with Gasteiger partial charge in [-0.05, 0) is 51.9 Å². The number of rotatable bonds is 10. The SMILES string of the molecule is CC(C)Oc1cn2cc(C3CCN(CC(=O)N4CCC(c5ccc(NI6CCC(=O)NC6=O)cc5)CC4)CC3)nc2cc1NC(=O)c1cccc(C(F)(F)F)n1. The van der Waals surface area contributed by atoms with Gasteiger partial charge in [-0.1, -0.05) is 6.07 Å². The van der Waals surface area contributed by atoms with Crippen LogP contribution in [0.1, 0.15) is 85.2 Å². The van der Waals surface area contributed by atoms with Crippen LogP contribution < -0.4 is 18.9 Å². The van der Waals surface area contributed by atoms with Crippen molar-refractivity contribution in [3.63, 3.8) is 0 Å². The largest absolute Gasteiger partial charge is 0.433 e. The molecule has 6 heterocycles. The Bertz CT molecular complexity index is 2090. The minimum Gasteiger partial charge on any atom is -0.317 e. The number of aromatic nitrogens is 3. The number of alkyl halides is 4. The van der Waals surface area contributed by atoms with Gasteiger partial charge < -0.3 is 14.5 Å². The van der Waals surface area contributed by atoms with E-state index in [1.165, 1.54) is 11.6 Å². The maximum absolute atomic E-state index is 13.3. The molecule has 3 fully saturated rings. The first-order chi connectivity index (χ1) is 26.8. The van der Waals surface area contributed by atoms with Gasteiger partial charge in [0.15, 0.2) is 5.75 Å². The van der Waals surface area contributed by atoms with Gasteiger partial charge in [-0.2, -0.15) is 13.2 Å². The van der Waals surface area contributed by atoms with Crippen molar-refractivity contribution in [3.8, 4) is 5.75 Å². The molecule has 0 aliphatic carbocycles. The van der Waals surface area contributed by atoms with Crippen molar-refractivity contribution in [3.05, 3.63) is 83.6 Å². The fourth-order valence-electron chi connectivity index (χ4n) is 7.26. The molecule has 56 heavy (non-hydrogen) atoms. The van der Waals surface area contributed by atoms with Gasteiger partial charge in [0.2, 0.25) is 0 Å². The number of imidazole rings is 1. The van der Waals surface area contributed by atoms with E-state index in [-0.39, 0.29) is 39.1 Å². The summed E-state index contributed by atoms with van der Waals surface area (Å²) in [5, 5.41) is 5.10. The zero-order chi connectivity index (χ0) is 39.6. The van der Waals surface area contributed by atoms with Crippen LogP contribution in [0.3, 0.4) is 0 Å². The molecule has 17 heteroatoms. The van der Waals surface area contributed by atoms with Gasteiger partial charge in [-0.3, -0.25) is 4.79 Å². The van der Waals surface area contributed by atoms with Crippen LogP contribution >= 0.6 is 20.1 Å². The minimum absolute atomic E-state index is 0.136. The van der Waals surface area contributed by atoms with Crippen molar-refractivity contribution in [2.75, 3.05) is 46.0 Å². The van der Waals surface area contributed by atoms with E-state index in [4.69, 9.17) is 9.72 Å². The van der Waals surface area contributed by atoms with Gasteiger partial charge in [0.05, 0.1) is 23.7 Å². The number of carbonyl (C=O) groups excluding carboxylic acids is 4. The van der Waals surface area contributed by atoms with Crippen LogP contribution in [0.15, 0.2) is 60.9 Å². The number of hydrogen-bond donors (Lipinski definition) is 3. The Morgan fingerprint density at radius 1 is 0.964 bits per heavy atom. The van der Waals surface area contributed by atoms with Gasteiger partial charge >= 0.3 is 160 Å². The summed E-state index contributed by atoms with van der Waals surface area (Å²) in [5.41, 5.74) is 2.28. The van der Waals surface area contributed by atoms with Gasteiger partial charge in [-0.15, -0.1) is 0 Å². The zero-order valence-corrected chi connectivity index (χ0v) is 33.2. The average Bonchev–Trinajstić information content (AvgIpc) is 3.59. The van der Waals surface area contributed by atoms with Crippen LogP contribution in [-0.4, -0.2) is 89.1 Å². The van der Waals surface area contributed by atoms with E-state index >= 15 is 0 Å². The normalized spacial score (nSPS) is 18.3. The second kappa shape index (κ2) is 16.8. The van der Waals surface area contributed by atoms with Gasteiger partial charge in [0.1, 0.15) is 17.0 Å². The molecule has 1 aromatic carbocycles. The Morgan fingerprint density at radius 2 is 1.68 bits per heavy atom. The molecule has 4 aromatic rings. The molecule has 3 saturated heterocycles. The van der Waals surface area contributed by atoms with Crippen LogP contribution in [0.25, 0.3) is 5.65 Å². The molecular formula is C39H44F3IN8O5. The van der Waals surface area contributed by atoms with Gasteiger partial charge in [0, 0.05) is 18.2 Å². The van der Waals surface area contributed by atoms with Gasteiger partial charge in [-0.25, -0.2) is 9.97 Å². The van der Waals surface area contributed by atoms with E-state index in [0.29, 0.717) is 47.8 Å². The third-order valence-electron chi connectivity index (χ3n) is 10.2. The van der Waals surface area contributed by atoms with E-state index in [1.807, 2.05) is 41.5 Å². The number of amides is 4. The molecule has 0 radical (unpaired) electrons. The molecular weight excluding hydrogens is 844 g/mol. The van der Waals surface area contributed by atoms with Crippen molar-refractivity contribution in [1.29, 1.82) is 0 Å². The minimum atomic E-state index is -4.68. The third kappa shape index (κ3) is 9.42. The predicted octanol–water partition coefficient (Wildman–Crippen LogP) is 6.85. The third-order valence-corrected chi connectivity index (χ3v) is 14.6. The van der Waals surface area contributed by atoms with E-state index in [2.05, 4.69) is 36.2 Å². The average molecular weight is 889 g/mol. The Hall–Kier alpha value is -4.78. The summed E-state index contributed by atoms with van der Waals surface area (Å²) in [6.07, 6.45) is 2.50. The summed E-state index contributed by atoms with van der Waals surface area (Å²) >= 11 is -2.13. The molecule has 13 nitrogen and oxygen atoms in total. The maximum Gasteiger partial charge on any atom is 0.433 e. The van der Waals surface area contributed by atoms with Crippen molar-refractivity contribution >= 4 is 58.8 Å². The quantitative estimate of drug-likeness (QED) is 0.0511. The molecule has 7 rings (SSSR count). The monoisotopic (exact) mass is 888 g/mol. The summed E-state index contributed by atoms with van der Waals surface area (Å²) < 4.78 is 51.3. The standard InChI is InChI=1S/C39H44F3IN8O5/c1-24(2)56-32-22-51-21-31(45-34(51)20-30(32)46-37(54)29-4-3-5-33(44-29)39(40,41)42)27-11-16-49(17-12-27)23-36(53)50-18-13-26(14-19-50)25-6-8-28(9-7-25)48-43-15-10-35(52)47-38(43)55/h3-9,20-22,24,26-27,48H,10-19,23H2,1-2H3,(H,46,54)(H,47,52,55). The summed E-state index contributed by atoms with van der Waals surface area (Å²) in [7, 11) is 0. The number of nitrogens with zero attached hydrogens (tertiary/aromatic N) is 5. The second-order valence-corrected chi connectivity index (χ2v) is 19.2. The molecule has 0 spiro atoms. The van der Waals surface area contributed by atoms with Crippen LogP contribution in [0, 0.1) is 0 Å². The second-order valence-electron chi connectivity index (χ2n) is 14.6. The number of ether oxygens (including phenoxy) is 1. The number of imide groups is 1. The Labute approximate surface area is 329 Å². The summed E-state index contributed by atoms with van der Waals surface area (Å²) in [5.74, 6) is -0.0110. The van der Waals surface area contributed by atoms with Crippen molar-refractivity contribution in [2.45, 2.75) is 70.1 Å². The van der Waals surface area contributed by atoms with E-state index < -0.39 is 37.9 Å². The molecule has 0 unspecified atom stereocenters. The summed E-state index contributed by atoms with van der Waals surface area (Å²) in [4.78, 5) is 62.5. The molecule has 298 valence electrons. The van der Waals surface area contributed by atoms with Crippen LogP contribution in [-0.2, 0) is 15.8 Å². The number of fused-ring (bicyclic) bond motifs is 1. The van der Waals surface area contributed by atoms with E-state index in [1.54, 1.807) is 12.3 Å². The van der Waals surface area contributed by atoms with Crippen molar-refractivity contribution < 1.29 is 37.1 Å². The molecule has 3 N–H and O–H groups in total. The summed E-state index contributed by atoms with van der Waals surface area (Å²) in [6.45, 7) is 6.93. The number of carbonyl (C=O) groups is 4. The first kappa shape index (κ1) is 39.5. The van der Waals surface area contributed by atoms with Crippen LogP contribution in [0.2, 0.25) is 0 Å². The fourth-order valence-corrected chi connectivity index (χ4v) is 11.0. The smallest absolute Gasteiger partial charge is 0.317 e. The molecule has 0 saturated carbocycles. The maximum atomic E-state index is 13.3. The molecule has 3 aliphatic heterocycles. The number of piperidine rings is 2. The number of pyridine rings is 2. The molecule has 3 aromatic heterocycles. The number of benzene rings is 1. The number of halogens is 4. The topological polar surface area (TPSA) is 150 Å². The number of anilines is 2. The fraction of sp³-hybridized carbons (Fsp3) is 0.436.